The fourth-order valence-corrected chi connectivity index (χ4v) is 2.00. The first-order valence-corrected chi connectivity index (χ1v) is 7.58. The average molecular weight is 288 g/mol. The molecular formula is C12H17FN2O3S. The molecule has 0 saturated carbocycles. The molecule has 0 aliphatic rings. The van der Waals surface area contributed by atoms with E-state index < -0.39 is 27.6 Å². The summed E-state index contributed by atoms with van der Waals surface area (Å²) in [5.74, 6) is -1.38. The topological polar surface area (TPSA) is 89.3 Å². The number of anilines is 1. The summed E-state index contributed by atoms with van der Waals surface area (Å²) in [6.45, 7) is 3.51. The first kappa shape index (κ1) is 15.6. The molecule has 0 aliphatic heterocycles. The first-order valence-electron chi connectivity index (χ1n) is 5.69. The lowest BCUT2D eigenvalue weighted by Gasteiger charge is -2.16. The van der Waals surface area contributed by atoms with Crippen LogP contribution in [0.2, 0.25) is 0 Å². The van der Waals surface area contributed by atoms with Gasteiger partial charge in [-0.1, -0.05) is 13.8 Å². The van der Waals surface area contributed by atoms with Gasteiger partial charge >= 0.3 is 0 Å². The second-order valence-corrected chi connectivity index (χ2v) is 6.69. The second kappa shape index (κ2) is 5.66. The summed E-state index contributed by atoms with van der Waals surface area (Å²) in [5, 5.41) is 2.30. The number of rotatable bonds is 4. The van der Waals surface area contributed by atoms with Gasteiger partial charge in [0.15, 0.2) is 9.84 Å². The molecule has 3 N–H and O–H groups in total. The maximum atomic E-state index is 13.5. The van der Waals surface area contributed by atoms with Gasteiger partial charge in [-0.05, 0) is 24.1 Å². The number of nitrogens with one attached hydrogen (secondary N) is 1. The quantitative estimate of drug-likeness (QED) is 0.813. The first-order chi connectivity index (χ1) is 8.62. The van der Waals surface area contributed by atoms with Crippen LogP contribution >= 0.6 is 0 Å². The van der Waals surface area contributed by atoms with Gasteiger partial charge < -0.3 is 11.1 Å². The van der Waals surface area contributed by atoms with Crippen molar-refractivity contribution in [3.8, 4) is 0 Å². The van der Waals surface area contributed by atoms with Crippen molar-refractivity contribution in [2.75, 3.05) is 11.6 Å². The molecule has 1 rings (SSSR count). The van der Waals surface area contributed by atoms with Crippen molar-refractivity contribution in [1.29, 1.82) is 0 Å². The lowest BCUT2D eigenvalue weighted by atomic mass is 10.0. The fraction of sp³-hybridized carbons (Fsp3) is 0.417. The molecule has 1 amide bonds. The molecule has 5 nitrogen and oxygen atoms in total. The summed E-state index contributed by atoms with van der Waals surface area (Å²) in [6.07, 6.45) is 1.01. The third kappa shape index (κ3) is 4.00. The van der Waals surface area contributed by atoms with Gasteiger partial charge in [-0.25, -0.2) is 12.8 Å². The summed E-state index contributed by atoms with van der Waals surface area (Å²) >= 11 is 0. The zero-order valence-corrected chi connectivity index (χ0v) is 11.8. The lowest BCUT2D eigenvalue weighted by Crippen LogP contribution is -2.39. The van der Waals surface area contributed by atoms with Crippen LogP contribution in [-0.2, 0) is 14.6 Å². The van der Waals surface area contributed by atoms with E-state index in [1.165, 1.54) is 0 Å². The van der Waals surface area contributed by atoms with E-state index in [1.807, 2.05) is 0 Å². The zero-order valence-electron chi connectivity index (χ0n) is 11.0. The highest BCUT2D eigenvalue weighted by Gasteiger charge is 2.19. The van der Waals surface area contributed by atoms with Gasteiger partial charge in [-0.3, -0.25) is 4.79 Å². The predicted octanol–water partition coefficient (Wildman–Crippen LogP) is 1.15. The SMILES string of the molecule is CC(C)[C@H](N)C(=O)Nc1cc(S(C)(=O)=O)ccc1F. The predicted molar refractivity (Wildman–Crippen MR) is 71.0 cm³/mol. The van der Waals surface area contributed by atoms with Gasteiger partial charge in [0, 0.05) is 6.26 Å². The maximum absolute atomic E-state index is 13.5. The van der Waals surface area contributed by atoms with Crippen LogP contribution < -0.4 is 11.1 Å². The number of hydrogen-bond donors (Lipinski definition) is 2. The molecule has 0 saturated heterocycles. The molecule has 0 aromatic heterocycles. The van der Waals surface area contributed by atoms with Crippen LogP contribution in [-0.4, -0.2) is 26.6 Å². The largest absolute Gasteiger partial charge is 0.322 e. The Balaban J connectivity index is 3.05. The highest BCUT2D eigenvalue weighted by atomic mass is 32.2. The third-order valence-electron chi connectivity index (χ3n) is 2.64. The van der Waals surface area contributed by atoms with E-state index in [1.54, 1.807) is 13.8 Å². The molecule has 0 radical (unpaired) electrons. The Kier molecular flexibility index (Phi) is 4.65. The molecular weight excluding hydrogens is 271 g/mol. The van der Waals surface area contributed by atoms with Crippen LogP contribution in [0.4, 0.5) is 10.1 Å². The van der Waals surface area contributed by atoms with Gasteiger partial charge in [0.05, 0.1) is 16.6 Å². The Morgan fingerprint density at radius 3 is 2.42 bits per heavy atom. The molecule has 7 heteroatoms. The van der Waals surface area contributed by atoms with Crippen molar-refractivity contribution in [2.24, 2.45) is 11.7 Å². The van der Waals surface area contributed by atoms with Crippen LogP contribution in [0.25, 0.3) is 0 Å². The minimum absolute atomic E-state index is 0.0673. The van der Waals surface area contributed by atoms with Crippen LogP contribution in [0.15, 0.2) is 23.1 Å². The molecule has 19 heavy (non-hydrogen) atoms. The van der Waals surface area contributed by atoms with Crippen molar-refractivity contribution < 1.29 is 17.6 Å². The van der Waals surface area contributed by atoms with E-state index in [0.29, 0.717) is 0 Å². The highest BCUT2D eigenvalue weighted by molar-refractivity contribution is 7.90. The number of halogens is 1. The standard InChI is InChI=1S/C12H17FN2O3S/c1-7(2)11(14)12(16)15-10-6-8(19(3,17)18)4-5-9(10)13/h4-7,11H,14H2,1-3H3,(H,15,16)/t11-/m0/s1. The summed E-state index contributed by atoms with van der Waals surface area (Å²) < 4.78 is 36.3. The molecule has 0 fully saturated rings. The van der Waals surface area contributed by atoms with Gasteiger partial charge in [0.1, 0.15) is 5.82 Å². The molecule has 106 valence electrons. The van der Waals surface area contributed by atoms with Crippen molar-refractivity contribution in [2.45, 2.75) is 24.8 Å². The van der Waals surface area contributed by atoms with Crippen LogP contribution in [0, 0.1) is 11.7 Å². The van der Waals surface area contributed by atoms with Crippen LogP contribution in [0.3, 0.4) is 0 Å². The summed E-state index contributed by atoms with van der Waals surface area (Å²) in [7, 11) is -3.46. The summed E-state index contributed by atoms with van der Waals surface area (Å²) in [4.78, 5) is 11.6. The smallest absolute Gasteiger partial charge is 0.241 e. The van der Waals surface area contributed by atoms with E-state index in [0.717, 1.165) is 24.5 Å². The summed E-state index contributed by atoms with van der Waals surface area (Å²) in [5.41, 5.74) is 5.44. The number of nitrogens with two attached hydrogens (primary N) is 1. The average Bonchev–Trinajstić information content (AvgIpc) is 2.29. The number of amides is 1. The Labute approximate surface area is 111 Å². The van der Waals surface area contributed by atoms with Crippen molar-refractivity contribution in [3.05, 3.63) is 24.0 Å². The van der Waals surface area contributed by atoms with Crippen molar-refractivity contribution >= 4 is 21.4 Å². The molecule has 0 heterocycles. The Morgan fingerprint density at radius 2 is 1.95 bits per heavy atom. The minimum atomic E-state index is -3.46. The monoisotopic (exact) mass is 288 g/mol. The normalized spacial score (nSPS) is 13.4. The molecule has 1 aromatic carbocycles. The molecule has 0 bridgehead atoms. The highest BCUT2D eigenvalue weighted by Crippen LogP contribution is 2.20. The number of carbonyl (C=O) groups is 1. The molecule has 1 atom stereocenters. The third-order valence-corrected chi connectivity index (χ3v) is 3.76. The molecule has 0 spiro atoms. The van der Waals surface area contributed by atoms with Gasteiger partial charge in [0.2, 0.25) is 5.91 Å². The van der Waals surface area contributed by atoms with E-state index in [9.17, 15) is 17.6 Å². The molecule has 1 aromatic rings. The van der Waals surface area contributed by atoms with Crippen LogP contribution in [0.5, 0.6) is 0 Å². The van der Waals surface area contributed by atoms with Gasteiger partial charge in [-0.15, -0.1) is 0 Å². The lowest BCUT2D eigenvalue weighted by molar-refractivity contribution is -0.118. The number of sulfone groups is 1. The van der Waals surface area contributed by atoms with Crippen LogP contribution in [0.1, 0.15) is 13.8 Å². The number of hydrogen-bond acceptors (Lipinski definition) is 4. The second-order valence-electron chi connectivity index (χ2n) is 4.67. The van der Waals surface area contributed by atoms with Gasteiger partial charge in [0.25, 0.3) is 0 Å². The van der Waals surface area contributed by atoms with E-state index in [2.05, 4.69) is 5.32 Å². The van der Waals surface area contributed by atoms with Gasteiger partial charge in [-0.2, -0.15) is 0 Å². The fourth-order valence-electron chi connectivity index (χ4n) is 1.35. The number of benzene rings is 1. The number of carbonyl (C=O) groups excluding carboxylic acids is 1. The zero-order chi connectivity index (χ0) is 14.8. The Hall–Kier alpha value is -1.47. The van der Waals surface area contributed by atoms with E-state index in [4.69, 9.17) is 5.73 Å². The Morgan fingerprint density at radius 1 is 1.37 bits per heavy atom. The summed E-state index contributed by atoms with van der Waals surface area (Å²) in [6, 6.07) is 2.42. The minimum Gasteiger partial charge on any atom is -0.322 e. The maximum Gasteiger partial charge on any atom is 0.241 e. The van der Waals surface area contributed by atoms with E-state index in [-0.39, 0.29) is 16.5 Å². The van der Waals surface area contributed by atoms with Crippen molar-refractivity contribution in [1.82, 2.24) is 0 Å². The van der Waals surface area contributed by atoms with E-state index >= 15 is 0 Å². The van der Waals surface area contributed by atoms with Crippen molar-refractivity contribution in [3.63, 3.8) is 0 Å². The Bertz CT molecular complexity index is 585. The molecule has 0 unspecified atom stereocenters. The molecule has 0 aliphatic carbocycles.